The maximum atomic E-state index is 12.3. The second kappa shape index (κ2) is 6.85. The van der Waals surface area contributed by atoms with Crippen LogP contribution in [0, 0.1) is 13.8 Å². The predicted octanol–water partition coefficient (Wildman–Crippen LogP) is 1.59. The number of esters is 2. The van der Waals surface area contributed by atoms with Crippen LogP contribution in [-0.4, -0.2) is 54.0 Å². The van der Waals surface area contributed by atoms with E-state index in [0.29, 0.717) is 29.9 Å². The number of carbonyl (C=O) groups is 3. The average Bonchev–Trinajstić information content (AvgIpc) is 3.14. The van der Waals surface area contributed by atoms with E-state index in [1.54, 1.807) is 25.7 Å². The fraction of sp³-hybridized carbons (Fsp3) is 0.562. The molecule has 0 aromatic carbocycles. The molecule has 0 bridgehead atoms. The molecule has 2 rings (SSSR count). The average molecular weight is 322 g/mol. The Morgan fingerprint density at radius 1 is 1.13 bits per heavy atom. The number of amides is 1. The first kappa shape index (κ1) is 17.1. The molecule has 23 heavy (non-hydrogen) atoms. The van der Waals surface area contributed by atoms with Gasteiger partial charge in [-0.3, -0.25) is 4.79 Å². The monoisotopic (exact) mass is 322 g/mol. The second-order valence-electron chi connectivity index (χ2n) is 5.70. The SMILES string of the molecule is COC(=O)c1c(C)[nH]c(C(=O)OC(C)C(=O)N2CCCC2)c1C. The van der Waals surface area contributed by atoms with Gasteiger partial charge >= 0.3 is 11.9 Å². The normalized spacial score (nSPS) is 15.4. The molecular weight excluding hydrogens is 300 g/mol. The van der Waals surface area contributed by atoms with Crippen molar-refractivity contribution < 1.29 is 23.9 Å². The van der Waals surface area contributed by atoms with Gasteiger partial charge < -0.3 is 19.4 Å². The lowest BCUT2D eigenvalue weighted by Gasteiger charge is -2.20. The van der Waals surface area contributed by atoms with Crippen LogP contribution < -0.4 is 0 Å². The lowest BCUT2D eigenvalue weighted by Crippen LogP contribution is -2.38. The molecule has 1 fully saturated rings. The van der Waals surface area contributed by atoms with E-state index in [9.17, 15) is 14.4 Å². The number of likely N-dealkylation sites (tertiary alicyclic amines) is 1. The van der Waals surface area contributed by atoms with Crippen LogP contribution in [0.15, 0.2) is 0 Å². The minimum absolute atomic E-state index is 0.170. The molecule has 1 aromatic heterocycles. The van der Waals surface area contributed by atoms with Crippen molar-refractivity contribution in [1.29, 1.82) is 0 Å². The van der Waals surface area contributed by atoms with Crippen molar-refractivity contribution in [3.8, 4) is 0 Å². The molecule has 7 heteroatoms. The van der Waals surface area contributed by atoms with E-state index in [0.717, 1.165) is 12.8 Å². The lowest BCUT2D eigenvalue weighted by atomic mass is 10.1. The van der Waals surface area contributed by atoms with Crippen molar-refractivity contribution in [2.24, 2.45) is 0 Å². The number of nitrogens with zero attached hydrogens (tertiary/aromatic N) is 1. The van der Waals surface area contributed by atoms with Crippen molar-refractivity contribution in [1.82, 2.24) is 9.88 Å². The molecule has 0 aliphatic carbocycles. The lowest BCUT2D eigenvalue weighted by molar-refractivity contribution is -0.138. The summed E-state index contributed by atoms with van der Waals surface area (Å²) in [6.07, 6.45) is 1.10. The van der Waals surface area contributed by atoms with E-state index < -0.39 is 18.0 Å². The van der Waals surface area contributed by atoms with Crippen LogP contribution in [0.4, 0.5) is 0 Å². The highest BCUT2D eigenvalue weighted by atomic mass is 16.5. The summed E-state index contributed by atoms with van der Waals surface area (Å²) in [7, 11) is 1.28. The molecule has 7 nitrogen and oxygen atoms in total. The zero-order valence-corrected chi connectivity index (χ0v) is 13.9. The summed E-state index contributed by atoms with van der Waals surface area (Å²) in [5.74, 6) is -1.36. The topological polar surface area (TPSA) is 88.7 Å². The van der Waals surface area contributed by atoms with Gasteiger partial charge in [0.05, 0.1) is 12.7 Å². The maximum absolute atomic E-state index is 12.3. The van der Waals surface area contributed by atoms with E-state index in [1.165, 1.54) is 7.11 Å². The van der Waals surface area contributed by atoms with Crippen LogP contribution in [-0.2, 0) is 14.3 Å². The second-order valence-corrected chi connectivity index (χ2v) is 5.70. The van der Waals surface area contributed by atoms with Gasteiger partial charge in [-0.05, 0) is 39.2 Å². The van der Waals surface area contributed by atoms with Gasteiger partial charge in [0.1, 0.15) is 5.69 Å². The van der Waals surface area contributed by atoms with E-state index in [-0.39, 0.29) is 11.6 Å². The Labute approximate surface area is 134 Å². The summed E-state index contributed by atoms with van der Waals surface area (Å²) in [4.78, 5) is 40.8. The van der Waals surface area contributed by atoms with Gasteiger partial charge in [0.25, 0.3) is 5.91 Å². The quantitative estimate of drug-likeness (QED) is 0.850. The molecule has 1 N–H and O–H groups in total. The van der Waals surface area contributed by atoms with E-state index in [2.05, 4.69) is 4.98 Å². The molecule has 126 valence electrons. The van der Waals surface area contributed by atoms with Crippen molar-refractivity contribution in [3.63, 3.8) is 0 Å². The van der Waals surface area contributed by atoms with Crippen LogP contribution in [0.5, 0.6) is 0 Å². The van der Waals surface area contributed by atoms with Crippen molar-refractivity contribution >= 4 is 17.8 Å². The van der Waals surface area contributed by atoms with Crippen molar-refractivity contribution in [2.75, 3.05) is 20.2 Å². The number of ether oxygens (including phenoxy) is 2. The first-order chi connectivity index (χ1) is 10.9. The van der Waals surface area contributed by atoms with Gasteiger partial charge in [-0.25, -0.2) is 9.59 Å². The van der Waals surface area contributed by atoms with Crippen LogP contribution >= 0.6 is 0 Å². The minimum atomic E-state index is -0.856. The van der Waals surface area contributed by atoms with Crippen LogP contribution in [0.25, 0.3) is 0 Å². The molecule has 1 atom stereocenters. The largest absolute Gasteiger partial charge is 0.465 e. The molecule has 1 saturated heterocycles. The number of methoxy groups -OCH3 is 1. The number of hydrogen-bond donors (Lipinski definition) is 1. The number of carbonyl (C=O) groups excluding carboxylic acids is 3. The molecule has 1 unspecified atom stereocenters. The molecule has 1 aliphatic rings. The summed E-state index contributed by atoms with van der Waals surface area (Å²) in [5.41, 5.74) is 1.47. The van der Waals surface area contributed by atoms with Gasteiger partial charge in [0.15, 0.2) is 6.10 Å². The molecule has 1 aliphatic heterocycles. The molecular formula is C16H22N2O5. The van der Waals surface area contributed by atoms with Gasteiger partial charge in [0, 0.05) is 18.8 Å². The Bertz CT molecular complexity index is 629. The third-order valence-electron chi connectivity index (χ3n) is 4.08. The standard InChI is InChI=1S/C16H22N2O5/c1-9-12(15(20)22-4)10(2)17-13(9)16(21)23-11(3)14(19)18-7-5-6-8-18/h11,17H,5-8H2,1-4H3. The molecule has 1 aromatic rings. The number of aromatic nitrogens is 1. The maximum Gasteiger partial charge on any atom is 0.355 e. The molecule has 2 heterocycles. The van der Waals surface area contributed by atoms with E-state index in [1.807, 2.05) is 0 Å². The van der Waals surface area contributed by atoms with Gasteiger partial charge in [-0.15, -0.1) is 0 Å². The summed E-state index contributed by atoms with van der Waals surface area (Å²) >= 11 is 0. The van der Waals surface area contributed by atoms with Crippen molar-refractivity contribution in [2.45, 2.75) is 39.7 Å². The van der Waals surface area contributed by atoms with Gasteiger partial charge in [0.2, 0.25) is 0 Å². The van der Waals surface area contributed by atoms with Gasteiger partial charge in [-0.1, -0.05) is 0 Å². The van der Waals surface area contributed by atoms with Crippen LogP contribution in [0.3, 0.4) is 0 Å². The molecule has 0 radical (unpaired) electrons. The fourth-order valence-electron chi connectivity index (χ4n) is 2.83. The highest BCUT2D eigenvalue weighted by Crippen LogP contribution is 2.20. The predicted molar refractivity (Wildman–Crippen MR) is 82.3 cm³/mol. The summed E-state index contributed by atoms with van der Waals surface area (Å²) in [5, 5.41) is 0. The molecule has 0 spiro atoms. The first-order valence-electron chi connectivity index (χ1n) is 7.64. The number of aromatic amines is 1. The number of aryl methyl sites for hydroxylation is 1. The first-order valence-corrected chi connectivity index (χ1v) is 7.64. The number of nitrogens with one attached hydrogen (secondary N) is 1. The third kappa shape index (κ3) is 3.38. The van der Waals surface area contributed by atoms with Crippen LogP contribution in [0.2, 0.25) is 0 Å². The highest BCUT2D eigenvalue weighted by Gasteiger charge is 2.29. The van der Waals surface area contributed by atoms with E-state index >= 15 is 0 Å². The Morgan fingerprint density at radius 2 is 1.74 bits per heavy atom. The van der Waals surface area contributed by atoms with Crippen LogP contribution in [0.1, 0.15) is 51.9 Å². The zero-order chi connectivity index (χ0) is 17.1. The molecule has 1 amide bonds. The summed E-state index contributed by atoms with van der Waals surface area (Å²) in [6, 6.07) is 0. The number of H-pyrrole nitrogens is 1. The summed E-state index contributed by atoms with van der Waals surface area (Å²) in [6.45, 7) is 6.28. The molecule has 0 saturated carbocycles. The minimum Gasteiger partial charge on any atom is -0.465 e. The van der Waals surface area contributed by atoms with Gasteiger partial charge in [-0.2, -0.15) is 0 Å². The smallest absolute Gasteiger partial charge is 0.355 e. The summed E-state index contributed by atoms with van der Waals surface area (Å²) < 4.78 is 9.97. The number of rotatable bonds is 4. The Morgan fingerprint density at radius 3 is 2.30 bits per heavy atom. The fourth-order valence-corrected chi connectivity index (χ4v) is 2.83. The van der Waals surface area contributed by atoms with E-state index in [4.69, 9.17) is 9.47 Å². The third-order valence-corrected chi connectivity index (χ3v) is 4.08. The Hall–Kier alpha value is -2.31. The Balaban J connectivity index is 2.11. The Kier molecular flexibility index (Phi) is 5.08. The number of hydrogen-bond acceptors (Lipinski definition) is 5. The highest BCUT2D eigenvalue weighted by molar-refractivity contribution is 5.99. The zero-order valence-electron chi connectivity index (χ0n) is 13.9. The van der Waals surface area contributed by atoms with Crippen molar-refractivity contribution in [3.05, 3.63) is 22.5 Å².